The Hall–Kier alpha value is -2.05. The summed E-state index contributed by atoms with van der Waals surface area (Å²) in [7, 11) is 0. The molecule has 0 aliphatic heterocycles. The fourth-order valence-corrected chi connectivity index (χ4v) is 2.58. The molecule has 0 saturated heterocycles. The van der Waals surface area contributed by atoms with Crippen LogP contribution >= 0.6 is 27.5 Å². The number of nitrogens with one attached hydrogen (secondary N) is 1. The third-order valence-corrected chi connectivity index (χ3v) is 4.02. The molecule has 0 aliphatic rings. The van der Waals surface area contributed by atoms with Crippen LogP contribution in [-0.4, -0.2) is 24.8 Å². The standard InChI is InChI=1S/C19H20BrClN2O3/c1-3-9-25-18-8-7-15(20)10-14(18)12-22-23-19(24)13(2)26-17-6-4-5-16(21)11-17/h4-8,10-13H,3,9H2,1-2H3,(H,23,24)/b22-12+. The summed E-state index contributed by atoms with van der Waals surface area (Å²) < 4.78 is 12.1. The number of nitrogens with zero attached hydrogens (tertiary/aromatic N) is 1. The number of hydrogen-bond acceptors (Lipinski definition) is 4. The zero-order chi connectivity index (χ0) is 18.9. The number of carbonyl (C=O) groups is 1. The van der Waals surface area contributed by atoms with Crippen molar-refractivity contribution >= 4 is 39.7 Å². The Kier molecular flexibility index (Phi) is 7.94. The van der Waals surface area contributed by atoms with E-state index in [2.05, 4.69) is 26.5 Å². The third kappa shape index (κ3) is 6.35. The van der Waals surface area contributed by atoms with Crippen molar-refractivity contribution in [2.45, 2.75) is 26.4 Å². The fourth-order valence-electron chi connectivity index (χ4n) is 2.02. The Balaban J connectivity index is 1.96. The molecule has 26 heavy (non-hydrogen) atoms. The number of halogens is 2. The van der Waals surface area contributed by atoms with Crippen LogP contribution < -0.4 is 14.9 Å². The third-order valence-electron chi connectivity index (χ3n) is 3.29. The molecule has 2 rings (SSSR count). The van der Waals surface area contributed by atoms with E-state index in [1.54, 1.807) is 37.4 Å². The highest BCUT2D eigenvalue weighted by Gasteiger charge is 2.14. The normalized spacial score (nSPS) is 12.0. The van der Waals surface area contributed by atoms with Gasteiger partial charge < -0.3 is 9.47 Å². The molecule has 138 valence electrons. The van der Waals surface area contributed by atoms with Crippen LogP contribution in [0.25, 0.3) is 0 Å². The molecule has 0 fully saturated rings. The van der Waals surface area contributed by atoms with E-state index in [9.17, 15) is 4.79 Å². The summed E-state index contributed by atoms with van der Waals surface area (Å²) in [5, 5.41) is 4.54. The van der Waals surface area contributed by atoms with Crippen molar-refractivity contribution in [1.82, 2.24) is 5.43 Å². The Morgan fingerprint density at radius 1 is 1.35 bits per heavy atom. The predicted molar refractivity (Wildman–Crippen MR) is 107 cm³/mol. The second-order valence-corrected chi connectivity index (χ2v) is 6.83. The quantitative estimate of drug-likeness (QED) is 0.474. The van der Waals surface area contributed by atoms with Crippen LogP contribution in [0, 0.1) is 0 Å². The number of rotatable bonds is 8. The first-order valence-corrected chi connectivity index (χ1v) is 9.34. The molecule has 2 aromatic carbocycles. The van der Waals surface area contributed by atoms with Gasteiger partial charge in [0, 0.05) is 15.1 Å². The van der Waals surface area contributed by atoms with Gasteiger partial charge in [-0.05, 0) is 49.7 Å². The highest BCUT2D eigenvalue weighted by Crippen LogP contribution is 2.22. The van der Waals surface area contributed by atoms with E-state index in [-0.39, 0.29) is 5.91 Å². The monoisotopic (exact) mass is 438 g/mol. The molecule has 0 aliphatic carbocycles. The highest BCUT2D eigenvalue weighted by atomic mass is 79.9. The van der Waals surface area contributed by atoms with E-state index >= 15 is 0 Å². The van der Waals surface area contributed by atoms with Crippen molar-refractivity contribution in [3.05, 3.63) is 57.5 Å². The Morgan fingerprint density at radius 3 is 2.88 bits per heavy atom. The van der Waals surface area contributed by atoms with E-state index in [0.717, 1.165) is 16.5 Å². The molecule has 0 radical (unpaired) electrons. The van der Waals surface area contributed by atoms with Gasteiger partial charge in [0.15, 0.2) is 6.10 Å². The topological polar surface area (TPSA) is 59.9 Å². The van der Waals surface area contributed by atoms with Gasteiger partial charge in [-0.25, -0.2) is 5.43 Å². The lowest BCUT2D eigenvalue weighted by Crippen LogP contribution is -2.33. The van der Waals surface area contributed by atoms with Gasteiger partial charge in [0.05, 0.1) is 12.8 Å². The van der Waals surface area contributed by atoms with Gasteiger partial charge in [-0.15, -0.1) is 0 Å². The number of hydrazone groups is 1. The zero-order valence-corrected chi connectivity index (χ0v) is 16.9. The van der Waals surface area contributed by atoms with Crippen molar-refractivity contribution in [3.8, 4) is 11.5 Å². The predicted octanol–water partition coefficient (Wildman–Crippen LogP) is 4.81. The summed E-state index contributed by atoms with van der Waals surface area (Å²) in [6, 6.07) is 12.5. The molecule has 0 heterocycles. The van der Waals surface area contributed by atoms with Crippen molar-refractivity contribution in [3.63, 3.8) is 0 Å². The van der Waals surface area contributed by atoms with Gasteiger partial charge in [-0.2, -0.15) is 5.10 Å². The van der Waals surface area contributed by atoms with Crippen LogP contribution in [0.3, 0.4) is 0 Å². The minimum Gasteiger partial charge on any atom is -0.493 e. The summed E-state index contributed by atoms with van der Waals surface area (Å²) in [5.41, 5.74) is 3.23. The number of benzene rings is 2. The van der Waals surface area contributed by atoms with Gasteiger partial charge in [0.2, 0.25) is 0 Å². The molecule has 1 unspecified atom stereocenters. The van der Waals surface area contributed by atoms with Crippen LogP contribution in [-0.2, 0) is 4.79 Å². The van der Waals surface area contributed by atoms with E-state index in [4.69, 9.17) is 21.1 Å². The highest BCUT2D eigenvalue weighted by molar-refractivity contribution is 9.10. The van der Waals surface area contributed by atoms with Crippen LogP contribution in [0.4, 0.5) is 0 Å². The van der Waals surface area contributed by atoms with Crippen LogP contribution in [0.1, 0.15) is 25.8 Å². The van der Waals surface area contributed by atoms with Gasteiger partial charge in [-0.3, -0.25) is 4.79 Å². The minimum atomic E-state index is -0.719. The van der Waals surface area contributed by atoms with Crippen molar-refractivity contribution in [2.24, 2.45) is 5.10 Å². The molecule has 1 amide bonds. The lowest BCUT2D eigenvalue weighted by Gasteiger charge is -2.13. The van der Waals surface area contributed by atoms with Crippen LogP contribution in [0.15, 0.2) is 52.0 Å². The van der Waals surface area contributed by atoms with Gasteiger partial charge in [0.25, 0.3) is 5.91 Å². The molecule has 1 N–H and O–H groups in total. The SMILES string of the molecule is CCCOc1ccc(Br)cc1/C=N/NC(=O)C(C)Oc1cccc(Cl)c1. The van der Waals surface area contributed by atoms with E-state index in [1.807, 2.05) is 25.1 Å². The van der Waals surface area contributed by atoms with Crippen molar-refractivity contribution < 1.29 is 14.3 Å². The first-order valence-electron chi connectivity index (χ1n) is 8.17. The van der Waals surface area contributed by atoms with E-state index in [1.165, 1.54) is 0 Å². The molecule has 0 saturated carbocycles. The lowest BCUT2D eigenvalue weighted by molar-refractivity contribution is -0.127. The molecule has 1 atom stereocenters. The second-order valence-electron chi connectivity index (χ2n) is 5.48. The first kappa shape index (κ1) is 20.3. The maximum atomic E-state index is 12.1. The number of carbonyl (C=O) groups excluding carboxylic acids is 1. The molecular formula is C19H20BrClN2O3. The lowest BCUT2D eigenvalue weighted by atomic mass is 10.2. The molecule has 0 bridgehead atoms. The van der Waals surface area contributed by atoms with Crippen LogP contribution in [0.2, 0.25) is 5.02 Å². The molecule has 0 aromatic heterocycles. The van der Waals surface area contributed by atoms with Gasteiger partial charge in [-0.1, -0.05) is 40.5 Å². The summed E-state index contributed by atoms with van der Waals surface area (Å²) in [6.07, 6.45) is 1.73. The van der Waals surface area contributed by atoms with Crippen molar-refractivity contribution in [1.29, 1.82) is 0 Å². The average molecular weight is 440 g/mol. The molecular weight excluding hydrogens is 420 g/mol. The number of hydrogen-bond donors (Lipinski definition) is 1. The summed E-state index contributed by atoms with van der Waals surface area (Å²) in [5.74, 6) is 0.856. The van der Waals surface area contributed by atoms with E-state index < -0.39 is 6.10 Å². The molecule has 5 nitrogen and oxygen atoms in total. The largest absolute Gasteiger partial charge is 0.493 e. The van der Waals surface area contributed by atoms with Crippen molar-refractivity contribution in [2.75, 3.05) is 6.61 Å². The smallest absolute Gasteiger partial charge is 0.280 e. The number of ether oxygens (including phenoxy) is 2. The molecule has 7 heteroatoms. The Bertz CT molecular complexity index is 783. The maximum Gasteiger partial charge on any atom is 0.280 e. The minimum absolute atomic E-state index is 0.368. The van der Waals surface area contributed by atoms with Gasteiger partial charge in [0.1, 0.15) is 11.5 Å². The zero-order valence-electron chi connectivity index (χ0n) is 14.5. The average Bonchev–Trinajstić information content (AvgIpc) is 2.61. The fraction of sp³-hybridized carbons (Fsp3) is 0.263. The van der Waals surface area contributed by atoms with Crippen LogP contribution in [0.5, 0.6) is 11.5 Å². The molecule has 0 spiro atoms. The van der Waals surface area contributed by atoms with E-state index in [0.29, 0.717) is 23.1 Å². The Labute approximate surface area is 166 Å². The summed E-state index contributed by atoms with van der Waals surface area (Å²) >= 11 is 9.32. The summed E-state index contributed by atoms with van der Waals surface area (Å²) in [4.78, 5) is 12.1. The maximum absolute atomic E-state index is 12.1. The number of amides is 1. The second kappa shape index (κ2) is 10.2. The Morgan fingerprint density at radius 2 is 2.15 bits per heavy atom. The molecule has 2 aromatic rings. The van der Waals surface area contributed by atoms with Gasteiger partial charge >= 0.3 is 0 Å². The summed E-state index contributed by atoms with van der Waals surface area (Å²) in [6.45, 7) is 4.29. The first-order chi connectivity index (χ1) is 12.5.